The van der Waals surface area contributed by atoms with Crippen molar-refractivity contribution in [2.45, 2.75) is 55.3 Å². The van der Waals surface area contributed by atoms with E-state index in [0.29, 0.717) is 0 Å². The van der Waals surface area contributed by atoms with Gasteiger partial charge in [-0.1, -0.05) is 0 Å². The van der Waals surface area contributed by atoms with Gasteiger partial charge in [-0.2, -0.15) is 12.6 Å². The lowest BCUT2D eigenvalue weighted by molar-refractivity contribution is -0.238. The minimum Gasteiger partial charge on any atom is -0.480 e. The molecule has 0 aromatic heterocycles. The summed E-state index contributed by atoms with van der Waals surface area (Å²) in [6, 6.07) is -1.17. The number of hydrogen-bond acceptors (Lipinski definition) is 8. The average molecular weight is 311 g/mol. The largest absolute Gasteiger partial charge is 0.480 e. The van der Waals surface area contributed by atoms with Gasteiger partial charge in [0, 0.05) is 4.75 Å². The topological polar surface area (TPSA) is 139 Å². The van der Waals surface area contributed by atoms with Crippen molar-refractivity contribution < 1.29 is 35.1 Å². The van der Waals surface area contributed by atoms with Crippen LogP contribution < -0.4 is 5.32 Å². The highest BCUT2D eigenvalue weighted by Gasteiger charge is 2.46. The molecule has 6 N–H and O–H groups in total. The summed E-state index contributed by atoms with van der Waals surface area (Å²) in [6.45, 7) is 2.54. The molecule has 0 bridgehead atoms. The van der Waals surface area contributed by atoms with Gasteiger partial charge >= 0.3 is 5.97 Å². The van der Waals surface area contributed by atoms with Crippen LogP contribution in [0.4, 0.5) is 0 Å². The van der Waals surface area contributed by atoms with Crippen LogP contribution in [-0.4, -0.2) is 79.5 Å². The van der Waals surface area contributed by atoms with Gasteiger partial charge in [0.05, 0.1) is 6.61 Å². The molecule has 6 atom stereocenters. The predicted molar refractivity (Wildman–Crippen MR) is 71.4 cm³/mol. The fourth-order valence-electron chi connectivity index (χ4n) is 1.98. The summed E-state index contributed by atoms with van der Waals surface area (Å²) in [7, 11) is 0. The second kappa shape index (κ2) is 6.56. The Bertz CT molecular complexity index is 346. The van der Waals surface area contributed by atoms with E-state index in [1.54, 1.807) is 13.8 Å². The maximum Gasteiger partial charge on any atom is 0.322 e. The smallest absolute Gasteiger partial charge is 0.322 e. The third-order valence-corrected chi connectivity index (χ3v) is 3.43. The van der Waals surface area contributed by atoms with Crippen LogP contribution in [0.3, 0.4) is 0 Å². The van der Waals surface area contributed by atoms with Gasteiger partial charge < -0.3 is 30.3 Å². The standard InChI is InChI=1S/C11H21NO7S/c1-11(2,20)8(10(17)18)12-9-7(16)6(15)5(14)4(3-13)19-9/h4-9,12-16,20H,3H2,1-2H3,(H,17,18)/t4-,5-,6+,7-,8-,9?/m1/s1. The van der Waals surface area contributed by atoms with Crippen molar-refractivity contribution in [1.82, 2.24) is 5.32 Å². The maximum absolute atomic E-state index is 11.2. The first-order valence-corrected chi connectivity index (χ1v) is 6.56. The molecular formula is C11H21NO7S. The lowest BCUT2D eigenvalue weighted by Gasteiger charge is -2.42. The lowest BCUT2D eigenvalue weighted by atomic mass is 9.96. The number of hydrogen-bond donors (Lipinski definition) is 7. The summed E-state index contributed by atoms with van der Waals surface area (Å²) in [5.41, 5.74) is 0. The summed E-state index contributed by atoms with van der Waals surface area (Å²) in [4.78, 5) is 11.2. The number of aliphatic hydroxyl groups excluding tert-OH is 4. The number of carbonyl (C=O) groups is 1. The molecule has 1 saturated heterocycles. The highest BCUT2D eigenvalue weighted by atomic mass is 32.1. The first-order chi connectivity index (χ1) is 9.09. The van der Waals surface area contributed by atoms with Crippen LogP contribution in [0, 0.1) is 0 Å². The molecule has 0 spiro atoms. The number of carboxylic acids is 1. The van der Waals surface area contributed by atoms with Gasteiger partial charge in [-0.3, -0.25) is 10.1 Å². The molecule has 1 fully saturated rings. The van der Waals surface area contributed by atoms with E-state index >= 15 is 0 Å². The van der Waals surface area contributed by atoms with Crippen molar-refractivity contribution in [2.75, 3.05) is 6.61 Å². The Balaban J connectivity index is 2.86. The molecule has 1 heterocycles. The zero-order valence-electron chi connectivity index (χ0n) is 11.2. The molecule has 0 radical (unpaired) electrons. The molecule has 0 amide bonds. The van der Waals surface area contributed by atoms with Crippen molar-refractivity contribution in [3.63, 3.8) is 0 Å². The summed E-state index contributed by atoms with van der Waals surface area (Å²) < 4.78 is 4.22. The molecule has 0 saturated carbocycles. The van der Waals surface area contributed by atoms with Crippen molar-refractivity contribution >= 4 is 18.6 Å². The van der Waals surface area contributed by atoms with Crippen LogP contribution in [0.25, 0.3) is 0 Å². The number of carboxylic acid groups (broad SMARTS) is 1. The molecule has 1 unspecified atom stereocenters. The molecule has 0 aromatic carbocycles. The zero-order valence-corrected chi connectivity index (χ0v) is 12.1. The second-order valence-electron chi connectivity index (χ2n) is 5.34. The number of nitrogens with one attached hydrogen (secondary N) is 1. The highest BCUT2D eigenvalue weighted by Crippen LogP contribution is 2.23. The van der Waals surface area contributed by atoms with Crippen LogP contribution in [0.15, 0.2) is 0 Å². The van der Waals surface area contributed by atoms with Crippen LogP contribution in [0.5, 0.6) is 0 Å². The average Bonchev–Trinajstić information content (AvgIpc) is 2.33. The quantitative estimate of drug-likeness (QED) is 0.277. The van der Waals surface area contributed by atoms with E-state index in [9.17, 15) is 20.1 Å². The van der Waals surface area contributed by atoms with Crippen LogP contribution in [0.2, 0.25) is 0 Å². The van der Waals surface area contributed by atoms with E-state index in [1.807, 2.05) is 0 Å². The first-order valence-electron chi connectivity index (χ1n) is 6.11. The molecule has 9 heteroatoms. The summed E-state index contributed by atoms with van der Waals surface area (Å²) in [6.07, 6.45) is -6.93. The zero-order chi connectivity index (χ0) is 15.7. The first kappa shape index (κ1) is 17.6. The maximum atomic E-state index is 11.2. The van der Waals surface area contributed by atoms with Crippen molar-refractivity contribution in [1.29, 1.82) is 0 Å². The fraction of sp³-hybridized carbons (Fsp3) is 0.909. The molecule has 20 heavy (non-hydrogen) atoms. The minimum absolute atomic E-state index is 0.578. The SMILES string of the molecule is CC(C)(S)[C@H](NC1O[C@H](CO)[C@@H](O)[C@H](O)[C@H]1O)C(=O)O. The number of aliphatic hydroxyl groups is 4. The van der Waals surface area contributed by atoms with Crippen LogP contribution in [-0.2, 0) is 9.53 Å². The predicted octanol–water partition coefficient (Wildman–Crippen LogP) is -2.46. The van der Waals surface area contributed by atoms with Gasteiger partial charge in [0.1, 0.15) is 36.7 Å². The van der Waals surface area contributed by atoms with E-state index in [1.165, 1.54) is 0 Å². The van der Waals surface area contributed by atoms with E-state index in [4.69, 9.17) is 14.9 Å². The van der Waals surface area contributed by atoms with Gasteiger partial charge in [0.25, 0.3) is 0 Å². The van der Waals surface area contributed by atoms with E-state index in [-0.39, 0.29) is 0 Å². The number of rotatable bonds is 5. The molecular weight excluding hydrogens is 290 g/mol. The molecule has 0 aliphatic carbocycles. The van der Waals surface area contributed by atoms with Gasteiger partial charge in [0.15, 0.2) is 0 Å². The van der Waals surface area contributed by atoms with Crippen molar-refractivity contribution in [3.8, 4) is 0 Å². The molecule has 118 valence electrons. The Morgan fingerprint density at radius 2 is 1.85 bits per heavy atom. The number of thiol groups is 1. The molecule has 1 aliphatic heterocycles. The molecule has 1 rings (SSSR count). The van der Waals surface area contributed by atoms with Crippen molar-refractivity contribution in [3.05, 3.63) is 0 Å². The number of ether oxygens (including phenoxy) is 1. The van der Waals surface area contributed by atoms with E-state index < -0.39 is 54.0 Å². The van der Waals surface area contributed by atoms with E-state index in [0.717, 1.165) is 0 Å². The molecule has 8 nitrogen and oxygen atoms in total. The van der Waals surface area contributed by atoms with Gasteiger partial charge in [-0.05, 0) is 13.8 Å². The molecule has 0 aromatic rings. The summed E-state index contributed by atoms with van der Waals surface area (Å²) in [5, 5.41) is 49.8. The Morgan fingerprint density at radius 1 is 1.30 bits per heavy atom. The Labute approximate surface area is 121 Å². The molecule has 1 aliphatic rings. The summed E-state index contributed by atoms with van der Waals surface area (Å²) >= 11 is 4.16. The minimum atomic E-state index is -1.56. The second-order valence-corrected chi connectivity index (χ2v) is 6.49. The van der Waals surface area contributed by atoms with Crippen LogP contribution >= 0.6 is 12.6 Å². The third-order valence-electron chi connectivity index (χ3n) is 3.18. The Kier molecular flexibility index (Phi) is 5.79. The van der Waals surface area contributed by atoms with Gasteiger partial charge in [0.2, 0.25) is 0 Å². The lowest BCUT2D eigenvalue weighted by Crippen LogP contribution is -2.66. The number of aliphatic carboxylic acids is 1. The van der Waals surface area contributed by atoms with Crippen molar-refractivity contribution in [2.24, 2.45) is 0 Å². The van der Waals surface area contributed by atoms with Gasteiger partial charge in [-0.15, -0.1) is 0 Å². The normalized spacial score (nSPS) is 36.6. The fourth-order valence-corrected chi connectivity index (χ4v) is 2.17. The summed E-state index contributed by atoms with van der Waals surface area (Å²) in [5.74, 6) is -1.21. The van der Waals surface area contributed by atoms with Gasteiger partial charge in [-0.25, -0.2) is 0 Å². The Morgan fingerprint density at radius 3 is 2.25 bits per heavy atom. The third kappa shape index (κ3) is 3.82. The van der Waals surface area contributed by atoms with Crippen LogP contribution in [0.1, 0.15) is 13.8 Å². The monoisotopic (exact) mass is 311 g/mol. The Hall–Kier alpha value is -0.420. The van der Waals surface area contributed by atoms with E-state index in [2.05, 4.69) is 17.9 Å². The highest BCUT2D eigenvalue weighted by molar-refractivity contribution is 7.81.